The van der Waals surface area contributed by atoms with Crippen LogP contribution in [0.1, 0.15) is 11.1 Å². The number of thioether (sulfide) groups is 1. The molecule has 1 aromatic heterocycles. The maximum absolute atomic E-state index is 12.4. The van der Waals surface area contributed by atoms with Crippen LogP contribution in [0.4, 0.5) is 0 Å². The molecule has 1 aliphatic heterocycles. The number of amides is 1. The molecule has 1 N–H and O–H groups in total. The molecule has 0 aliphatic carbocycles. The minimum Gasteiger partial charge on any atom is -0.493 e. The van der Waals surface area contributed by atoms with Gasteiger partial charge in [-0.25, -0.2) is 4.98 Å². The van der Waals surface area contributed by atoms with Gasteiger partial charge in [0.2, 0.25) is 5.91 Å². The van der Waals surface area contributed by atoms with Gasteiger partial charge in [0.15, 0.2) is 16.7 Å². The molecule has 0 atom stereocenters. The lowest BCUT2D eigenvalue weighted by molar-refractivity contribution is -0.129. The lowest BCUT2D eigenvalue weighted by Gasteiger charge is -2.29. The minimum atomic E-state index is 0.0897. The second kappa shape index (κ2) is 6.91. The van der Waals surface area contributed by atoms with Gasteiger partial charge >= 0.3 is 0 Å². The molecule has 0 bridgehead atoms. The Morgan fingerprint density at radius 1 is 1.30 bits per heavy atom. The van der Waals surface area contributed by atoms with Crippen molar-refractivity contribution in [1.82, 2.24) is 20.1 Å². The maximum Gasteiger partial charge on any atom is 0.233 e. The second-order valence-corrected chi connectivity index (χ2v) is 6.08. The number of carbonyl (C=O) groups is 1. The number of aromatic amines is 1. The van der Waals surface area contributed by atoms with Gasteiger partial charge in [0.05, 0.1) is 20.0 Å². The zero-order valence-corrected chi connectivity index (χ0v) is 13.9. The highest BCUT2D eigenvalue weighted by Crippen LogP contribution is 2.33. The number of rotatable bonds is 5. The van der Waals surface area contributed by atoms with E-state index in [1.165, 1.54) is 23.7 Å². The molecule has 1 amide bonds. The summed E-state index contributed by atoms with van der Waals surface area (Å²) in [7, 11) is 3.24. The van der Waals surface area contributed by atoms with E-state index in [0.717, 1.165) is 17.7 Å². The number of hydrogen-bond acceptors (Lipinski definition) is 6. The number of methoxy groups -OCH3 is 2. The molecule has 3 rings (SSSR count). The molecule has 1 aromatic carbocycles. The molecule has 2 aromatic rings. The molecule has 2 heterocycles. The maximum atomic E-state index is 12.4. The van der Waals surface area contributed by atoms with E-state index >= 15 is 0 Å². The predicted molar refractivity (Wildman–Crippen MR) is 85.8 cm³/mol. The first-order valence-corrected chi connectivity index (χ1v) is 8.19. The average molecular weight is 334 g/mol. The highest BCUT2D eigenvalue weighted by molar-refractivity contribution is 7.99. The van der Waals surface area contributed by atoms with E-state index in [0.29, 0.717) is 29.7 Å². The van der Waals surface area contributed by atoms with Crippen molar-refractivity contribution in [3.05, 3.63) is 29.6 Å². The van der Waals surface area contributed by atoms with Gasteiger partial charge in [0, 0.05) is 13.1 Å². The summed E-state index contributed by atoms with van der Waals surface area (Å²) in [5, 5.41) is 7.16. The Morgan fingerprint density at radius 3 is 2.70 bits per heavy atom. The van der Waals surface area contributed by atoms with Gasteiger partial charge < -0.3 is 14.4 Å². The van der Waals surface area contributed by atoms with Crippen LogP contribution in [0.3, 0.4) is 0 Å². The van der Waals surface area contributed by atoms with Gasteiger partial charge in [0.1, 0.15) is 6.33 Å². The van der Waals surface area contributed by atoms with E-state index in [1.54, 1.807) is 14.2 Å². The zero-order valence-electron chi connectivity index (χ0n) is 13.0. The first-order valence-electron chi connectivity index (χ1n) is 7.21. The van der Waals surface area contributed by atoms with Crippen molar-refractivity contribution in [2.24, 2.45) is 0 Å². The van der Waals surface area contributed by atoms with E-state index in [9.17, 15) is 4.79 Å². The summed E-state index contributed by atoms with van der Waals surface area (Å²) in [6.07, 6.45) is 2.25. The molecule has 0 radical (unpaired) electrons. The van der Waals surface area contributed by atoms with Crippen LogP contribution in [-0.2, 0) is 17.8 Å². The van der Waals surface area contributed by atoms with Crippen LogP contribution in [-0.4, -0.2) is 52.5 Å². The molecule has 0 spiro atoms. The number of carbonyl (C=O) groups excluding carboxylic acids is 1. The molecule has 23 heavy (non-hydrogen) atoms. The summed E-state index contributed by atoms with van der Waals surface area (Å²) in [4.78, 5) is 18.2. The topological polar surface area (TPSA) is 80.3 Å². The normalized spacial score (nSPS) is 13.6. The fourth-order valence-electron chi connectivity index (χ4n) is 2.58. The third-order valence-corrected chi connectivity index (χ3v) is 4.66. The fraction of sp³-hybridized carbons (Fsp3) is 0.400. The quantitative estimate of drug-likeness (QED) is 0.835. The zero-order chi connectivity index (χ0) is 16.2. The third-order valence-electron chi connectivity index (χ3n) is 3.80. The molecular weight excluding hydrogens is 316 g/mol. The number of ether oxygens (including phenoxy) is 2. The van der Waals surface area contributed by atoms with E-state index in [-0.39, 0.29) is 5.91 Å². The van der Waals surface area contributed by atoms with Gasteiger partial charge in [0.25, 0.3) is 0 Å². The van der Waals surface area contributed by atoms with Crippen molar-refractivity contribution in [3.8, 4) is 11.5 Å². The highest BCUT2D eigenvalue weighted by atomic mass is 32.2. The summed E-state index contributed by atoms with van der Waals surface area (Å²) in [5.41, 5.74) is 2.31. The number of fused-ring (bicyclic) bond motifs is 1. The summed E-state index contributed by atoms with van der Waals surface area (Å²) in [5.74, 6) is 1.85. The Balaban J connectivity index is 1.68. The Labute approximate surface area is 138 Å². The van der Waals surface area contributed by atoms with Crippen LogP contribution in [0.2, 0.25) is 0 Å². The van der Waals surface area contributed by atoms with Gasteiger partial charge in [-0.1, -0.05) is 11.8 Å². The second-order valence-electron chi connectivity index (χ2n) is 5.12. The third kappa shape index (κ3) is 3.42. The smallest absolute Gasteiger partial charge is 0.233 e. The molecule has 1 aliphatic rings. The Morgan fingerprint density at radius 2 is 2.04 bits per heavy atom. The van der Waals surface area contributed by atoms with Crippen LogP contribution >= 0.6 is 11.8 Å². The standard InChI is InChI=1S/C15H18N4O3S/c1-21-12-5-10-3-4-19(7-11(10)6-13(12)22-2)14(20)8-23-15-16-9-17-18-15/h5-6,9H,3-4,7-8H2,1-2H3,(H,16,17,18). The van der Waals surface area contributed by atoms with E-state index < -0.39 is 0 Å². The lowest BCUT2D eigenvalue weighted by atomic mass is 9.99. The number of aromatic nitrogens is 3. The summed E-state index contributed by atoms with van der Waals surface area (Å²) in [6, 6.07) is 3.95. The van der Waals surface area contributed by atoms with Crippen LogP contribution in [0.5, 0.6) is 11.5 Å². The molecular formula is C15H18N4O3S. The molecule has 0 saturated heterocycles. The lowest BCUT2D eigenvalue weighted by Crippen LogP contribution is -2.37. The molecule has 8 heteroatoms. The fourth-order valence-corrected chi connectivity index (χ4v) is 3.26. The first-order chi connectivity index (χ1) is 11.2. The molecule has 0 saturated carbocycles. The van der Waals surface area contributed by atoms with E-state index in [4.69, 9.17) is 9.47 Å². The number of nitrogens with zero attached hydrogens (tertiary/aromatic N) is 3. The van der Waals surface area contributed by atoms with Crippen molar-refractivity contribution in [2.45, 2.75) is 18.1 Å². The van der Waals surface area contributed by atoms with E-state index in [1.807, 2.05) is 17.0 Å². The van der Waals surface area contributed by atoms with Gasteiger partial charge in [-0.2, -0.15) is 5.10 Å². The van der Waals surface area contributed by atoms with E-state index in [2.05, 4.69) is 15.2 Å². The molecule has 7 nitrogen and oxygen atoms in total. The van der Waals surface area contributed by atoms with Crippen molar-refractivity contribution in [1.29, 1.82) is 0 Å². The molecule has 0 fully saturated rings. The van der Waals surface area contributed by atoms with Crippen molar-refractivity contribution in [2.75, 3.05) is 26.5 Å². The molecule has 122 valence electrons. The van der Waals surface area contributed by atoms with Crippen molar-refractivity contribution >= 4 is 17.7 Å². The monoisotopic (exact) mass is 334 g/mol. The van der Waals surface area contributed by atoms with Gasteiger partial charge in [-0.3, -0.25) is 9.89 Å². The van der Waals surface area contributed by atoms with Crippen LogP contribution in [0.15, 0.2) is 23.6 Å². The number of nitrogens with one attached hydrogen (secondary N) is 1. The summed E-state index contributed by atoms with van der Waals surface area (Å²) in [6.45, 7) is 1.30. The van der Waals surface area contributed by atoms with Crippen molar-refractivity contribution < 1.29 is 14.3 Å². The highest BCUT2D eigenvalue weighted by Gasteiger charge is 2.23. The Hall–Kier alpha value is -2.22. The Kier molecular flexibility index (Phi) is 4.71. The minimum absolute atomic E-state index is 0.0897. The molecule has 0 unspecified atom stereocenters. The van der Waals surface area contributed by atoms with Gasteiger partial charge in [-0.15, -0.1) is 0 Å². The van der Waals surface area contributed by atoms with Crippen LogP contribution < -0.4 is 9.47 Å². The Bertz CT molecular complexity index is 690. The van der Waals surface area contributed by atoms with Gasteiger partial charge in [-0.05, 0) is 29.7 Å². The first kappa shape index (κ1) is 15.7. The summed E-state index contributed by atoms with van der Waals surface area (Å²) < 4.78 is 10.7. The number of hydrogen-bond donors (Lipinski definition) is 1. The number of benzene rings is 1. The largest absolute Gasteiger partial charge is 0.493 e. The average Bonchev–Trinajstić information content (AvgIpc) is 3.11. The number of H-pyrrole nitrogens is 1. The van der Waals surface area contributed by atoms with Crippen molar-refractivity contribution in [3.63, 3.8) is 0 Å². The summed E-state index contributed by atoms with van der Waals surface area (Å²) >= 11 is 1.36. The van der Waals surface area contributed by atoms with Crippen LogP contribution in [0, 0.1) is 0 Å². The SMILES string of the molecule is COc1cc2c(cc1OC)CN(C(=O)CSc1ncn[nH]1)CC2. The van der Waals surface area contributed by atoms with Crippen LogP contribution in [0.25, 0.3) is 0 Å². The predicted octanol–water partition coefficient (Wildman–Crippen LogP) is 1.50.